The summed E-state index contributed by atoms with van der Waals surface area (Å²) >= 11 is 0. The van der Waals surface area contributed by atoms with Crippen LogP contribution in [0, 0.1) is 5.92 Å². The number of H-pyrrole nitrogens is 1. The van der Waals surface area contributed by atoms with E-state index >= 15 is 0 Å². The lowest BCUT2D eigenvalue weighted by molar-refractivity contribution is -0.147. The van der Waals surface area contributed by atoms with E-state index in [0.29, 0.717) is 5.95 Å². The summed E-state index contributed by atoms with van der Waals surface area (Å²) in [6, 6.07) is 1.66. The van der Waals surface area contributed by atoms with Crippen LogP contribution in [0.4, 0.5) is 17.5 Å². The van der Waals surface area contributed by atoms with Crippen molar-refractivity contribution in [2.24, 2.45) is 5.92 Å². The van der Waals surface area contributed by atoms with Crippen molar-refractivity contribution in [3.05, 3.63) is 39.3 Å². The maximum absolute atomic E-state index is 12.8. The molecule has 0 saturated carbocycles. The van der Waals surface area contributed by atoms with Crippen LogP contribution in [-0.2, 0) is 25.6 Å². The number of carbonyl (C=O) groups excluding carboxylic acids is 2. The van der Waals surface area contributed by atoms with Crippen LogP contribution < -0.4 is 27.2 Å². The van der Waals surface area contributed by atoms with Gasteiger partial charge in [-0.2, -0.15) is 0 Å². The van der Waals surface area contributed by atoms with Crippen LogP contribution in [0.3, 0.4) is 0 Å². The van der Waals surface area contributed by atoms with E-state index < -0.39 is 29.7 Å². The highest BCUT2D eigenvalue weighted by molar-refractivity contribution is 5.97. The van der Waals surface area contributed by atoms with Crippen molar-refractivity contribution in [1.82, 2.24) is 19.5 Å². The molecule has 0 unspecified atom stereocenters. The summed E-state index contributed by atoms with van der Waals surface area (Å²) in [5.74, 6) is -1.06. The third kappa shape index (κ3) is 7.42. The fraction of sp³-hybridized carbons (Fsp3) is 0.500. The Morgan fingerprint density at radius 2 is 1.97 bits per heavy atom. The molecular weight excluding hydrogens is 434 g/mol. The monoisotopic (exact) mass is 463 g/mol. The number of nitrogens with zero attached hydrogens (tertiary/aromatic N) is 4. The van der Waals surface area contributed by atoms with Crippen molar-refractivity contribution in [3.63, 3.8) is 0 Å². The zero-order chi connectivity index (χ0) is 24.4. The number of nitrogen functional groups attached to an aromatic ring is 1. The minimum absolute atomic E-state index is 0.0348. The number of hydrogen-bond acceptors (Lipinski definition) is 10. The first kappa shape index (κ1) is 25.5. The Bertz CT molecular complexity index is 1050. The Morgan fingerprint density at radius 1 is 1.27 bits per heavy atom. The minimum atomic E-state index is -0.819. The van der Waals surface area contributed by atoms with Gasteiger partial charge in [0.05, 0.1) is 13.0 Å². The molecule has 0 aliphatic rings. The Morgan fingerprint density at radius 3 is 2.61 bits per heavy atom. The Labute approximate surface area is 189 Å². The van der Waals surface area contributed by atoms with Crippen LogP contribution >= 0.6 is 0 Å². The highest BCUT2D eigenvalue weighted by Crippen LogP contribution is 2.18. The number of nitrogens with two attached hydrogens (primary N) is 1. The zero-order valence-electron chi connectivity index (χ0n) is 18.9. The molecule has 2 heterocycles. The third-order valence-corrected chi connectivity index (χ3v) is 4.39. The molecule has 0 aliphatic heterocycles. The van der Waals surface area contributed by atoms with E-state index in [-0.39, 0.29) is 50.1 Å². The number of hydrogen-bond donors (Lipinski definition) is 3. The molecule has 33 heavy (non-hydrogen) atoms. The van der Waals surface area contributed by atoms with Gasteiger partial charge in [-0.3, -0.25) is 28.8 Å². The minimum Gasteiger partial charge on any atom is -0.455 e. The summed E-state index contributed by atoms with van der Waals surface area (Å²) < 4.78 is 11.3. The molecule has 13 nitrogen and oxygen atoms in total. The SMILES string of the molecule is COCCN(C(=O)COC(=O)CCNc1ncccn1)c1c(N)n(CC(C)C)c(=O)[nH]c1=O. The molecule has 0 aromatic carbocycles. The largest absolute Gasteiger partial charge is 0.455 e. The molecule has 0 saturated heterocycles. The maximum atomic E-state index is 12.8. The van der Waals surface area contributed by atoms with Gasteiger partial charge in [0.2, 0.25) is 5.95 Å². The third-order valence-electron chi connectivity index (χ3n) is 4.39. The molecule has 0 radical (unpaired) electrons. The summed E-state index contributed by atoms with van der Waals surface area (Å²) in [5, 5.41) is 2.85. The van der Waals surface area contributed by atoms with Crippen LogP contribution in [0.2, 0.25) is 0 Å². The number of nitrogens with one attached hydrogen (secondary N) is 2. The Balaban J connectivity index is 2.10. The number of ether oxygens (including phenoxy) is 2. The van der Waals surface area contributed by atoms with Crippen LogP contribution in [-0.4, -0.2) is 64.8 Å². The summed E-state index contributed by atoms with van der Waals surface area (Å²) in [6.07, 6.45) is 3.07. The van der Waals surface area contributed by atoms with Gasteiger partial charge in [0.25, 0.3) is 11.5 Å². The molecule has 0 aliphatic carbocycles. The molecular formula is C20H29N7O6. The van der Waals surface area contributed by atoms with E-state index in [2.05, 4.69) is 20.3 Å². The first-order valence-electron chi connectivity index (χ1n) is 10.3. The standard InChI is InChI=1S/C20H29N7O6/c1-13(2)11-27-17(21)16(18(30)25-20(27)31)26(9-10-32-3)14(28)12-33-15(29)5-8-24-19-22-6-4-7-23-19/h4,6-7,13H,5,8-12,21H2,1-3H3,(H,22,23,24)(H,25,30,31). The van der Waals surface area contributed by atoms with Gasteiger partial charge in [-0.25, -0.2) is 14.8 Å². The fourth-order valence-electron chi connectivity index (χ4n) is 2.89. The van der Waals surface area contributed by atoms with Crippen molar-refractivity contribution in [1.29, 1.82) is 0 Å². The molecule has 4 N–H and O–H groups in total. The van der Waals surface area contributed by atoms with Crippen LogP contribution in [0.1, 0.15) is 20.3 Å². The number of carbonyl (C=O) groups is 2. The predicted octanol–water partition coefficient (Wildman–Crippen LogP) is -0.410. The number of aromatic nitrogens is 4. The molecule has 2 rings (SSSR count). The lowest BCUT2D eigenvalue weighted by atomic mass is 10.2. The Hall–Kier alpha value is -3.74. The zero-order valence-corrected chi connectivity index (χ0v) is 18.9. The van der Waals surface area contributed by atoms with Gasteiger partial charge >= 0.3 is 11.7 Å². The summed E-state index contributed by atoms with van der Waals surface area (Å²) in [6.45, 7) is 3.64. The maximum Gasteiger partial charge on any atom is 0.330 e. The number of esters is 1. The number of anilines is 3. The highest BCUT2D eigenvalue weighted by atomic mass is 16.5. The molecule has 0 spiro atoms. The average molecular weight is 463 g/mol. The number of aromatic amines is 1. The number of rotatable bonds is 12. The number of amides is 1. The van der Waals surface area contributed by atoms with Gasteiger partial charge in [0.1, 0.15) is 5.82 Å². The quantitative estimate of drug-likeness (QED) is 0.351. The van der Waals surface area contributed by atoms with Crippen molar-refractivity contribution in [3.8, 4) is 0 Å². The second kappa shape index (κ2) is 12.3. The van der Waals surface area contributed by atoms with Crippen LogP contribution in [0.5, 0.6) is 0 Å². The molecule has 0 bridgehead atoms. The first-order chi connectivity index (χ1) is 15.7. The van der Waals surface area contributed by atoms with Crippen molar-refractivity contribution in [2.75, 3.05) is 49.4 Å². The van der Waals surface area contributed by atoms with Gasteiger partial charge in [-0.1, -0.05) is 13.8 Å². The smallest absolute Gasteiger partial charge is 0.330 e. The van der Waals surface area contributed by atoms with Crippen LogP contribution in [0.25, 0.3) is 0 Å². The molecule has 2 aromatic rings. The van der Waals surface area contributed by atoms with Gasteiger partial charge in [-0.15, -0.1) is 0 Å². The van der Waals surface area contributed by atoms with Gasteiger partial charge in [-0.05, 0) is 12.0 Å². The molecule has 1 amide bonds. The van der Waals surface area contributed by atoms with Gasteiger partial charge in [0.15, 0.2) is 12.3 Å². The molecule has 2 aromatic heterocycles. The first-order valence-corrected chi connectivity index (χ1v) is 10.3. The highest BCUT2D eigenvalue weighted by Gasteiger charge is 2.25. The molecule has 13 heteroatoms. The van der Waals surface area contributed by atoms with Gasteiger partial charge < -0.3 is 20.5 Å². The second-order valence-corrected chi connectivity index (χ2v) is 7.45. The fourth-order valence-corrected chi connectivity index (χ4v) is 2.89. The normalized spacial score (nSPS) is 10.8. The van der Waals surface area contributed by atoms with Crippen LogP contribution in [0.15, 0.2) is 28.0 Å². The van der Waals surface area contributed by atoms with Crippen molar-refractivity contribution in [2.45, 2.75) is 26.8 Å². The average Bonchev–Trinajstić information content (AvgIpc) is 2.77. The second-order valence-electron chi connectivity index (χ2n) is 7.45. The summed E-state index contributed by atoms with van der Waals surface area (Å²) in [7, 11) is 1.43. The molecule has 0 atom stereocenters. The topological polar surface area (TPSA) is 175 Å². The van der Waals surface area contributed by atoms with Crippen molar-refractivity contribution >= 4 is 29.3 Å². The van der Waals surface area contributed by atoms with E-state index in [1.165, 1.54) is 11.7 Å². The molecule has 180 valence electrons. The van der Waals surface area contributed by atoms with E-state index in [1.807, 2.05) is 13.8 Å². The summed E-state index contributed by atoms with van der Waals surface area (Å²) in [5.41, 5.74) is 4.41. The van der Waals surface area contributed by atoms with Crippen molar-refractivity contribution < 1.29 is 19.1 Å². The number of methoxy groups -OCH3 is 1. The lowest BCUT2D eigenvalue weighted by Gasteiger charge is -2.24. The van der Waals surface area contributed by atoms with E-state index in [9.17, 15) is 19.2 Å². The lowest BCUT2D eigenvalue weighted by Crippen LogP contribution is -2.44. The Kier molecular flexibility index (Phi) is 9.54. The summed E-state index contributed by atoms with van der Waals surface area (Å²) in [4.78, 5) is 60.7. The van der Waals surface area contributed by atoms with E-state index in [4.69, 9.17) is 15.2 Å². The van der Waals surface area contributed by atoms with E-state index in [0.717, 1.165) is 4.90 Å². The van der Waals surface area contributed by atoms with E-state index in [1.54, 1.807) is 18.5 Å². The predicted molar refractivity (Wildman–Crippen MR) is 121 cm³/mol. The molecule has 0 fully saturated rings. The van der Waals surface area contributed by atoms with Gasteiger partial charge in [0, 0.05) is 39.1 Å².